The first kappa shape index (κ1) is 21.0. The topological polar surface area (TPSA) is 95.6 Å². The lowest BCUT2D eigenvalue weighted by atomic mass is 10.1. The first-order valence-electron chi connectivity index (χ1n) is 9.46. The number of hydrogen-bond donors (Lipinski definition) is 2. The van der Waals surface area contributed by atoms with Crippen molar-refractivity contribution in [3.63, 3.8) is 0 Å². The van der Waals surface area contributed by atoms with Gasteiger partial charge in [-0.15, -0.1) is 0 Å². The Morgan fingerprint density at radius 1 is 1.14 bits per heavy atom. The van der Waals surface area contributed by atoms with E-state index in [2.05, 4.69) is 10.0 Å². The number of nitrogens with zero attached hydrogens (tertiary/aromatic N) is 1. The molecule has 1 aliphatic heterocycles. The number of sulfonamides is 1. The zero-order valence-electron chi connectivity index (χ0n) is 16.7. The van der Waals surface area contributed by atoms with Gasteiger partial charge in [0.25, 0.3) is 0 Å². The summed E-state index contributed by atoms with van der Waals surface area (Å²) in [6, 6.07) is 12.1. The zero-order valence-corrected chi connectivity index (χ0v) is 17.5. The first-order valence-corrected chi connectivity index (χ1v) is 10.9. The van der Waals surface area contributed by atoms with E-state index in [1.807, 2.05) is 26.0 Å². The lowest BCUT2D eigenvalue weighted by Crippen LogP contribution is -2.33. The van der Waals surface area contributed by atoms with E-state index < -0.39 is 10.0 Å². The number of fused-ring (bicyclic) bond motifs is 1. The average molecular weight is 416 g/mol. The summed E-state index contributed by atoms with van der Waals surface area (Å²) in [6.07, 6.45) is 0.629. The number of nitrogens with one attached hydrogen (secondary N) is 2. The molecule has 7 nitrogen and oxygen atoms in total. The van der Waals surface area contributed by atoms with E-state index in [4.69, 9.17) is 0 Å². The Morgan fingerprint density at radius 2 is 1.83 bits per heavy atom. The second kappa shape index (κ2) is 8.34. The number of rotatable bonds is 6. The van der Waals surface area contributed by atoms with Crippen LogP contribution in [-0.2, 0) is 26.0 Å². The van der Waals surface area contributed by atoms with Gasteiger partial charge in [0.1, 0.15) is 0 Å². The van der Waals surface area contributed by atoms with Gasteiger partial charge in [0.2, 0.25) is 21.8 Å². The summed E-state index contributed by atoms with van der Waals surface area (Å²) in [7, 11) is -3.74. The standard InChI is InChI=1S/C21H25N3O4S/c1-14-4-6-18(7-5-14)23-21(26)10-11-22-29(27,28)19-8-9-20-17(13-19)12-15(2)24(20)16(3)25/h4-9,13,15,22H,10-12H2,1-3H3,(H,23,26)/t15-/m0/s1. The Kier molecular flexibility index (Phi) is 6.04. The van der Waals surface area contributed by atoms with E-state index in [-0.39, 0.29) is 35.7 Å². The van der Waals surface area contributed by atoms with Crippen molar-refractivity contribution in [2.24, 2.45) is 0 Å². The van der Waals surface area contributed by atoms with Crippen LogP contribution in [0.5, 0.6) is 0 Å². The molecule has 1 aliphatic rings. The van der Waals surface area contributed by atoms with Crippen molar-refractivity contribution in [1.29, 1.82) is 0 Å². The summed E-state index contributed by atoms with van der Waals surface area (Å²) < 4.78 is 27.6. The van der Waals surface area contributed by atoms with Gasteiger partial charge in [-0.25, -0.2) is 13.1 Å². The van der Waals surface area contributed by atoms with Gasteiger partial charge in [0.05, 0.1) is 4.90 Å². The smallest absolute Gasteiger partial charge is 0.240 e. The molecule has 1 heterocycles. The van der Waals surface area contributed by atoms with Gasteiger partial charge in [-0.2, -0.15) is 0 Å². The number of carbonyl (C=O) groups excluding carboxylic acids is 2. The molecule has 0 aromatic heterocycles. The molecule has 29 heavy (non-hydrogen) atoms. The van der Waals surface area contributed by atoms with E-state index in [9.17, 15) is 18.0 Å². The summed E-state index contributed by atoms with van der Waals surface area (Å²) in [5.74, 6) is -0.332. The molecule has 0 saturated carbocycles. The van der Waals surface area contributed by atoms with Gasteiger partial charge in [-0.05, 0) is 56.2 Å². The second-order valence-electron chi connectivity index (χ2n) is 7.29. The van der Waals surface area contributed by atoms with Crippen molar-refractivity contribution < 1.29 is 18.0 Å². The largest absolute Gasteiger partial charge is 0.326 e. The molecule has 3 rings (SSSR count). The van der Waals surface area contributed by atoms with Crippen molar-refractivity contribution in [2.45, 2.75) is 44.6 Å². The molecule has 0 radical (unpaired) electrons. The van der Waals surface area contributed by atoms with Crippen LogP contribution < -0.4 is 14.9 Å². The summed E-state index contributed by atoms with van der Waals surface area (Å²) in [6.45, 7) is 5.38. The van der Waals surface area contributed by atoms with E-state index in [1.165, 1.54) is 13.0 Å². The summed E-state index contributed by atoms with van der Waals surface area (Å²) >= 11 is 0. The van der Waals surface area contributed by atoms with Gasteiger partial charge in [-0.1, -0.05) is 17.7 Å². The van der Waals surface area contributed by atoms with Crippen LogP contribution in [0.4, 0.5) is 11.4 Å². The van der Waals surface area contributed by atoms with Crippen molar-refractivity contribution >= 4 is 33.2 Å². The molecule has 2 aromatic carbocycles. The molecule has 0 unspecified atom stereocenters. The molecule has 8 heteroatoms. The maximum atomic E-state index is 12.6. The van der Waals surface area contributed by atoms with Gasteiger partial charge in [0, 0.05) is 37.3 Å². The van der Waals surface area contributed by atoms with Gasteiger partial charge < -0.3 is 10.2 Å². The molecule has 0 bridgehead atoms. The summed E-state index contributed by atoms with van der Waals surface area (Å²) in [5, 5.41) is 2.74. The highest BCUT2D eigenvalue weighted by atomic mass is 32.2. The molecule has 2 aromatic rings. The van der Waals surface area contributed by atoms with Gasteiger partial charge >= 0.3 is 0 Å². The van der Waals surface area contributed by atoms with E-state index in [1.54, 1.807) is 29.2 Å². The highest BCUT2D eigenvalue weighted by molar-refractivity contribution is 7.89. The number of anilines is 2. The van der Waals surface area contributed by atoms with Crippen molar-refractivity contribution in [3.05, 3.63) is 53.6 Å². The average Bonchev–Trinajstić information content (AvgIpc) is 2.98. The fourth-order valence-corrected chi connectivity index (χ4v) is 4.58. The van der Waals surface area contributed by atoms with Crippen LogP contribution in [0.3, 0.4) is 0 Å². The fraction of sp³-hybridized carbons (Fsp3) is 0.333. The number of hydrogen-bond acceptors (Lipinski definition) is 4. The van der Waals surface area contributed by atoms with E-state index in [0.717, 1.165) is 16.8 Å². The number of amides is 2. The maximum absolute atomic E-state index is 12.6. The maximum Gasteiger partial charge on any atom is 0.240 e. The van der Waals surface area contributed by atoms with Crippen LogP contribution in [0.2, 0.25) is 0 Å². The minimum atomic E-state index is -3.74. The van der Waals surface area contributed by atoms with Gasteiger partial charge in [-0.3, -0.25) is 9.59 Å². The van der Waals surface area contributed by atoms with Crippen LogP contribution >= 0.6 is 0 Å². The van der Waals surface area contributed by atoms with Gasteiger partial charge in [0.15, 0.2) is 0 Å². The molecule has 0 spiro atoms. The monoisotopic (exact) mass is 415 g/mol. The molecule has 154 valence electrons. The molecule has 1 atom stereocenters. The quantitative estimate of drug-likeness (QED) is 0.758. The third kappa shape index (κ3) is 4.83. The SMILES string of the molecule is CC(=O)N1c2ccc(S(=O)(=O)NCCC(=O)Nc3ccc(C)cc3)cc2C[C@@H]1C. The Bertz CT molecular complexity index is 1030. The van der Waals surface area contributed by atoms with Crippen molar-refractivity contribution in [3.8, 4) is 0 Å². The third-order valence-electron chi connectivity index (χ3n) is 4.90. The molecule has 2 N–H and O–H groups in total. The number of benzene rings is 2. The molecule has 0 fully saturated rings. The van der Waals surface area contributed by atoms with Crippen LogP contribution in [0.15, 0.2) is 47.4 Å². The van der Waals surface area contributed by atoms with Crippen molar-refractivity contribution in [2.75, 3.05) is 16.8 Å². The zero-order chi connectivity index (χ0) is 21.2. The minimum absolute atomic E-state index is 0.00103. The minimum Gasteiger partial charge on any atom is -0.326 e. The van der Waals surface area contributed by atoms with E-state index in [0.29, 0.717) is 12.1 Å². The summed E-state index contributed by atoms with van der Waals surface area (Å²) in [4.78, 5) is 25.6. The predicted molar refractivity (Wildman–Crippen MR) is 112 cm³/mol. The highest BCUT2D eigenvalue weighted by Gasteiger charge is 2.30. The van der Waals surface area contributed by atoms with Crippen molar-refractivity contribution in [1.82, 2.24) is 4.72 Å². The highest BCUT2D eigenvalue weighted by Crippen LogP contribution is 2.33. The van der Waals surface area contributed by atoms with Crippen LogP contribution in [0, 0.1) is 6.92 Å². The Hall–Kier alpha value is -2.71. The van der Waals surface area contributed by atoms with Crippen LogP contribution in [0.1, 0.15) is 31.4 Å². The second-order valence-corrected chi connectivity index (χ2v) is 9.06. The molecule has 0 aliphatic carbocycles. The fourth-order valence-electron chi connectivity index (χ4n) is 3.50. The number of carbonyl (C=O) groups is 2. The Labute approximate surface area is 171 Å². The Morgan fingerprint density at radius 3 is 2.48 bits per heavy atom. The molecule has 2 amide bonds. The normalized spacial score (nSPS) is 15.8. The van der Waals surface area contributed by atoms with Crippen LogP contribution in [-0.4, -0.2) is 32.8 Å². The lowest BCUT2D eigenvalue weighted by Gasteiger charge is -2.20. The lowest BCUT2D eigenvalue weighted by molar-refractivity contribution is -0.117. The van der Waals surface area contributed by atoms with Crippen LogP contribution in [0.25, 0.3) is 0 Å². The predicted octanol–water partition coefficient (Wildman–Crippen LogP) is 2.60. The first-order chi connectivity index (χ1) is 13.7. The number of aryl methyl sites for hydroxylation is 1. The Balaban J connectivity index is 1.60. The third-order valence-corrected chi connectivity index (χ3v) is 6.35. The molecular weight excluding hydrogens is 390 g/mol. The summed E-state index contributed by atoms with van der Waals surface area (Å²) in [5.41, 5.74) is 3.34. The molecular formula is C21H25N3O4S. The van der Waals surface area contributed by atoms with E-state index >= 15 is 0 Å². The molecule has 0 saturated heterocycles.